The number of amides is 1. The van der Waals surface area contributed by atoms with E-state index in [4.69, 9.17) is 4.98 Å². The van der Waals surface area contributed by atoms with Gasteiger partial charge in [0.05, 0.1) is 22.7 Å². The molecule has 1 saturated heterocycles. The molecule has 1 atom stereocenters. The average molecular weight is 361 g/mol. The molecule has 0 bridgehead atoms. The van der Waals surface area contributed by atoms with Crippen molar-refractivity contribution in [2.45, 2.75) is 13.3 Å². The number of rotatable bonds is 3. The maximum absolute atomic E-state index is 13.2. The lowest BCUT2D eigenvalue weighted by Crippen LogP contribution is -2.30. The van der Waals surface area contributed by atoms with Crippen molar-refractivity contribution in [2.24, 2.45) is 5.92 Å². The molecule has 1 aromatic carbocycles. The van der Waals surface area contributed by atoms with E-state index >= 15 is 0 Å². The van der Waals surface area contributed by atoms with Crippen LogP contribution < -0.4 is 0 Å². The molecule has 27 heavy (non-hydrogen) atoms. The van der Waals surface area contributed by atoms with E-state index in [2.05, 4.69) is 4.98 Å². The second-order valence-corrected chi connectivity index (χ2v) is 6.89. The second kappa shape index (κ2) is 6.79. The summed E-state index contributed by atoms with van der Waals surface area (Å²) in [7, 11) is 0. The fourth-order valence-corrected chi connectivity index (χ4v) is 3.50. The quantitative estimate of drug-likeness (QED) is 0.775. The summed E-state index contributed by atoms with van der Waals surface area (Å²) < 4.78 is 0. The Morgan fingerprint density at radius 3 is 2.78 bits per heavy atom. The van der Waals surface area contributed by atoms with E-state index in [9.17, 15) is 14.7 Å². The molecule has 1 N–H and O–H groups in total. The van der Waals surface area contributed by atoms with E-state index in [1.165, 1.54) is 0 Å². The zero-order valence-corrected chi connectivity index (χ0v) is 14.9. The molecule has 0 unspecified atom stereocenters. The monoisotopic (exact) mass is 361 g/mol. The molecule has 2 aromatic heterocycles. The highest BCUT2D eigenvalue weighted by Crippen LogP contribution is 2.28. The first kappa shape index (κ1) is 17.1. The predicted molar refractivity (Wildman–Crippen MR) is 101 cm³/mol. The SMILES string of the molecule is Cc1ccc2nc(-c3cccnc3)cc(C(=O)N3CC[C@@H](C(=O)O)C3)c2c1. The van der Waals surface area contributed by atoms with Crippen LogP contribution in [0.25, 0.3) is 22.2 Å². The Hall–Kier alpha value is -3.28. The van der Waals surface area contributed by atoms with E-state index in [0.29, 0.717) is 24.2 Å². The minimum absolute atomic E-state index is 0.151. The minimum Gasteiger partial charge on any atom is -0.481 e. The molecule has 136 valence electrons. The molecule has 0 aliphatic carbocycles. The molecule has 6 heteroatoms. The van der Waals surface area contributed by atoms with Crippen LogP contribution >= 0.6 is 0 Å². The van der Waals surface area contributed by atoms with Crippen LogP contribution in [-0.4, -0.2) is 44.9 Å². The normalized spacial score (nSPS) is 16.6. The van der Waals surface area contributed by atoms with Crippen molar-refractivity contribution in [1.82, 2.24) is 14.9 Å². The topological polar surface area (TPSA) is 83.4 Å². The van der Waals surface area contributed by atoms with Gasteiger partial charge in [0.25, 0.3) is 5.91 Å². The molecule has 1 aliphatic heterocycles. The molecular weight excluding hydrogens is 342 g/mol. The van der Waals surface area contributed by atoms with Gasteiger partial charge in [0.15, 0.2) is 0 Å². The van der Waals surface area contributed by atoms with Gasteiger partial charge < -0.3 is 10.0 Å². The lowest BCUT2D eigenvalue weighted by molar-refractivity contribution is -0.141. The number of carbonyl (C=O) groups excluding carboxylic acids is 1. The Bertz CT molecular complexity index is 1030. The van der Waals surface area contributed by atoms with Gasteiger partial charge in [-0.05, 0) is 43.7 Å². The predicted octanol–water partition coefficient (Wildman–Crippen LogP) is 3.15. The maximum atomic E-state index is 13.2. The fourth-order valence-electron chi connectivity index (χ4n) is 3.50. The van der Waals surface area contributed by atoms with Crippen LogP contribution in [-0.2, 0) is 4.79 Å². The zero-order chi connectivity index (χ0) is 19.0. The van der Waals surface area contributed by atoms with Crippen LogP contribution in [0.3, 0.4) is 0 Å². The number of pyridine rings is 2. The van der Waals surface area contributed by atoms with E-state index in [-0.39, 0.29) is 12.5 Å². The summed E-state index contributed by atoms with van der Waals surface area (Å²) >= 11 is 0. The Morgan fingerprint density at radius 2 is 2.07 bits per heavy atom. The number of aliphatic carboxylic acids is 1. The Labute approximate surface area is 156 Å². The number of carbonyl (C=O) groups is 2. The van der Waals surface area contributed by atoms with Gasteiger partial charge >= 0.3 is 5.97 Å². The van der Waals surface area contributed by atoms with Crippen LogP contribution in [0.1, 0.15) is 22.3 Å². The van der Waals surface area contributed by atoms with E-state index in [0.717, 1.165) is 22.0 Å². The van der Waals surface area contributed by atoms with Gasteiger partial charge in [-0.1, -0.05) is 11.6 Å². The maximum Gasteiger partial charge on any atom is 0.308 e. The van der Waals surface area contributed by atoms with E-state index in [1.54, 1.807) is 23.4 Å². The van der Waals surface area contributed by atoms with Crippen molar-refractivity contribution >= 4 is 22.8 Å². The summed E-state index contributed by atoms with van der Waals surface area (Å²) in [5, 5.41) is 10.0. The Kier molecular flexibility index (Phi) is 4.32. The van der Waals surface area contributed by atoms with Gasteiger partial charge in [0, 0.05) is 36.4 Å². The molecule has 6 nitrogen and oxygen atoms in total. The van der Waals surface area contributed by atoms with Crippen molar-refractivity contribution in [3.8, 4) is 11.3 Å². The third-order valence-corrected chi connectivity index (χ3v) is 4.98. The van der Waals surface area contributed by atoms with Gasteiger partial charge in [-0.15, -0.1) is 0 Å². The highest BCUT2D eigenvalue weighted by atomic mass is 16.4. The zero-order valence-electron chi connectivity index (χ0n) is 14.9. The van der Waals surface area contributed by atoms with Gasteiger partial charge in [-0.3, -0.25) is 14.6 Å². The highest BCUT2D eigenvalue weighted by Gasteiger charge is 2.32. The Morgan fingerprint density at radius 1 is 1.22 bits per heavy atom. The average Bonchev–Trinajstić information content (AvgIpc) is 3.18. The van der Waals surface area contributed by atoms with E-state index < -0.39 is 11.9 Å². The van der Waals surface area contributed by atoms with Crippen molar-refractivity contribution in [2.75, 3.05) is 13.1 Å². The number of aromatic nitrogens is 2. The molecule has 3 heterocycles. The number of nitrogens with zero attached hydrogens (tertiary/aromatic N) is 3. The molecule has 3 aromatic rings. The molecule has 4 rings (SSSR count). The number of carboxylic acids is 1. The first-order chi connectivity index (χ1) is 13.0. The van der Waals surface area contributed by atoms with Gasteiger partial charge in [-0.25, -0.2) is 4.98 Å². The number of aryl methyl sites for hydroxylation is 1. The number of likely N-dealkylation sites (tertiary alicyclic amines) is 1. The first-order valence-electron chi connectivity index (χ1n) is 8.87. The van der Waals surface area contributed by atoms with Crippen molar-refractivity contribution < 1.29 is 14.7 Å². The molecule has 0 spiro atoms. The third kappa shape index (κ3) is 3.26. The van der Waals surface area contributed by atoms with Crippen molar-refractivity contribution in [1.29, 1.82) is 0 Å². The number of hydrogen-bond acceptors (Lipinski definition) is 4. The number of carboxylic acid groups (broad SMARTS) is 1. The third-order valence-electron chi connectivity index (χ3n) is 4.98. The van der Waals surface area contributed by atoms with Crippen LogP contribution in [0.4, 0.5) is 0 Å². The summed E-state index contributed by atoms with van der Waals surface area (Å²) in [6.07, 6.45) is 3.89. The molecular formula is C21H19N3O3. The van der Waals surface area contributed by atoms with Crippen LogP contribution in [0, 0.1) is 12.8 Å². The number of hydrogen-bond donors (Lipinski definition) is 1. The summed E-state index contributed by atoms with van der Waals surface area (Å²) in [6, 6.07) is 11.3. The molecule has 1 fully saturated rings. The van der Waals surface area contributed by atoms with Crippen LogP contribution in [0.5, 0.6) is 0 Å². The summed E-state index contributed by atoms with van der Waals surface area (Å²) in [5.74, 6) is -1.50. The lowest BCUT2D eigenvalue weighted by Gasteiger charge is -2.18. The smallest absolute Gasteiger partial charge is 0.308 e. The highest BCUT2D eigenvalue weighted by molar-refractivity contribution is 6.07. The molecule has 0 radical (unpaired) electrons. The molecule has 0 saturated carbocycles. The van der Waals surface area contributed by atoms with Crippen LogP contribution in [0.2, 0.25) is 0 Å². The van der Waals surface area contributed by atoms with Gasteiger partial charge in [-0.2, -0.15) is 0 Å². The Balaban J connectivity index is 1.81. The number of benzene rings is 1. The second-order valence-electron chi connectivity index (χ2n) is 6.89. The lowest BCUT2D eigenvalue weighted by atomic mass is 10.0. The van der Waals surface area contributed by atoms with Crippen molar-refractivity contribution in [3.05, 3.63) is 59.9 Å². The number of fused-ring (bicyclic) bond motifs is 1. The van der Waals surface area contributed by atoms with Gasteiger partial charge in [0.2, 0.25) is 0 Å². The largest absolute Gasteiger partial charge is 0.481 e. The van der Waals surface area contributed by atoms with Crippen molar-refractivity contribution in [3.63, 3.8) is 0 Å². The van der Waals surface area contributed by atoms with Crippen LogP contribution in [0.15, 0.2) is 48.8 Å². The first-order valence-corrected chi connectivity index (χ1v) is 8.87. The minimum atomic E-state index is -0.850. The fraction of sp³-hybridized carbons (Fsp3) is 0.238. The van der Waals surface area contributed by atoms with E-state index in [1.807, 2.05) is 37.3 Å². The standard InChI is InChI=1S/C21H19N3O3/c1-13-4-5-18-16(9-13)17(10-19(23-18)14-3-2-7-22-11-14)20(25)24-8-6-15(12-24)21(26)27/h2-5,7,9-11,15H,6,8,12H2,1H3,(H,26,27)/t15-/m1/s1. The summed E-state index contributed by atoms with van der Waals surface area (Å²) in [4.78, 5) is 34.9. The van der Waals surface area contributed by atoms with Gasteiger partial charge in [0.1, 0.15) is 0 Å². The summed E-state index contributed by atoms with van der Waals surface area (Å²) in [5.41, 5.74) is 3.83. The molecule has 1 amide bonds. The molecule has 1 aliphatic rings. The summed E-state index contributed by atoms with van der Waals surface area (Å²) in [6.45, 7) is 2.67.